The zero-order chi connectivity index (χ0) is 19.1. The van der Waals surface area contributed by atoms with Crippen molar-refractivity contribution in [2.75, 3.05) is 13.1 Å². The highest BCUT2D eigenvalue weighted by Crippen LogP contribution is 2.84. The molecule has 1 aliphatic heterocycles. The summed E-state index contributed by atoms with van der Waals surface area (Å²) in [6.07, 6.45) is 2.40. The van der Waals surface area contributed by atoms with E-state index in [1.54, 1.807) is 0 Å². The molecule has 11 atom stereocenters. The molecule has 1 unspecified atom stereocenters. The molecule has 0 amide bonds. The molecule has 0 aromatic carbocycles. The van der Waals surface area contributed by atoms with E-state index in [9.17, 15) is 20.2 Å². The van der Waals surface area contributed by atoms with Gasteiger partial charge in [-0.1, -0.05) is 13.5 Å². The van der Waals surface area contributed by atoms with Crippen molar-refractivity contribution < 1.29 is 19.7 Å². The Balaban J connectivity index is 1.64. The number of ketones is 1. The van der Waals surface area contributed by atoms with Gasteiger partial charge in [0.1, 0.15) is 11.8 Å². The monoisotopic (exact) mass is 373 g/mol. The maximum atomic E-state index is 14.2. The predicted octanol–water partition coefficient (Wildman–Crippen LogP) is 2.01. The second kappa shape index (κ2) is 4.53. The summed E-state index contributed by atoms with van der Waals surface area (Å²) < 4.78 is -0.245. The molecule has 2 N–H and O–H groups in total. The fourth-order valence-corrected chi connectivity index (χ4v) is 10.1. The van der Waals surface area contributed by atoms with Crippen molar-refractivity contribution in [2.45, 2.75) is 64.2 Å². The van der Waals surface area contributed by atoms with Gasteiger partial charge in [0.25, 0.3) is 0 Å². The Kier molecular flexibility index (Phi) is 2.88. The molecule has 7 bridgehead atoms. The molecule has 5 nitrogen and oxygen atoms in total. The van der Waals surface area contributed by atoms with Crippen LogP contribution in [0.15, 0.2) is 12.2 Å². The summed E-state index contributed by atoms with van der Waals surface area (Å²) in [7, 11) is 0. The number of hydrogen-bond acceptors (Lipinski definition) is 4. The summed E-state index contributed by atoms with van der Waals surface area (Å²) in [5.74, 6) is 0.275. The normalized spacial score (nSPS) is 65.6. The van der Waals surface area contributed by atoms with E-state index in [1.807, 2.05) is 6.92 Å². The maximum Gasteiger partial charge on any atom is 0.140 e. The molecular weight excluding hydrogens is 342 g/mol. The Morgan fingerprint density at radius 2 is 2.07 bits per heavy atom. The van der Waals surface area contributed by atoms with Gasteiger partial charge in [0.2, 0.25) is 0 Å². The van der Waals surface area contributed by atoms with Crippen LogP contribution in [-0.4, -0.2) is 52.0 Å². The van der Waals surface area contributed by atoms with Crippen LogP contribution in [0.2, 0.25) is 0 Å². The van der Waals surface area contributed by atoms with Crippen molar-refractivity contribution in [1.82, 2.24) is 0 Å². The summed E-state index contributed by atoms with van der Waals surface area (Å²) in [5, 5.41) is 37.0. The molecule has 148 valence electrons. The lowest BCUT2D eigenvalue weighted by Gasteiger charge is -2.68. The van der Waals surface area contributed by atoms with E-state index in [1.165, 1.54) is 0 Å². The Morgan fingerprint density at radius 1 is 1.33 bits per heavy atom. The lowest BCUT2D eigenvalue weighted by molar-refractivity contribution is -0.927. The molecule has 6 rings (SSSR count). The van der Waals surface area contributed by atoms with Gasteiger partial charge < -0.3 is 20.1 Å². The number of rotatable bonds is 1. The number of likely N-dealkylation sites (tertiary alicyclic amines) is 1. The minimum atomic E-state index is -0.699. The molecule has 0 radical (unpaired) electrons. The van der Waals surface area contributed by atoms with Crippen LogP contribution in [0.25, 0.3) is 0 Å². The minimum absolute atomic E-state index is 0.0651. The van der Waals surface area contributed by atoms with E-state index in [2.05, 4.69) is 13.5 Å². The number of aliphatic hydroxyl groups excluding tert-OH is 2. The zero-order valence-electron chi connectivity index (χ0n) is 16.4. The van der Waals surface area contributed by atoms with Crippen LogP contribution >= 0.6 is 0 Å². The molecule has 5 heteroatoms. The van der Waals surface area contributed by atoms with E-state index in [-0.39, 0.29) is 39.6 Å². The number of hydrogen-bond donors (Lipinski definition) is 2. The molecule has 0 aromatic heterocycles. The Labute approximate surface area is 160 Å². The van der Waals surface area contributed by atoms with Gasteiger partial charge in [-0.25, -0.2) is 0 Å². The van der Waals surface area contributed by atoms with E-state index in [0.717, 1.165) is 19.3 Å². The Morgan fingerprint density at radius 3 is 2.78 bits per heavy atom. The SMILES string of the molecule is C=C1[C@H]2C[C@@]3([C@@H]1O)[C@@H](CC2=O)[C@]12[C@@H]4C[C@H]3[C@H]1[N+]([O-])(CC)C[C@]4(C)CC[C@@H]2O. The third-order valence-electron chi connectivity index (χ3n) is 10.7. The van der Waals surface area contributed by atoms with Gasteiger partial charge >= 0.3 is 0 Å². The first-order valence-electron chi connectivity index (χ1n) is 10.8. The summed E-state index contributed by atoms with van der Waals surface area (Å²) in [6, 6.07) is -0.173. The highest BCUT2D eigenvalue weighted by Gasteiger charge is 2.88. The van der Waals surface area contributed by atoms with Crippen molar-refractivity contribution >= 4 is 5.78 Å². The minimum Gasteiger partial charge on any atom is -0.633 e. The lowest BCUT2D eigenvalue weighted by atomic mass is 9.43. The number of hydroxylamine groups is 3. The second-order valence-corrected chi connectivity index (χ2v) is 11.0. The second-order valence-electron chi connectivity index (χ2n) is 11.0. The van der Waals surface area contributed by atoms with E-state index in [0.29, 0.717) is 37.4 Å². The largest absolute Gasteiger partial charge is 0.633 e. The summed E-state index contributed by atoms with van der Waals surface area (Å²) >= 11 is 0. The number of piperidine rings is 1. The molecule has 1 saturated heterocycles. The van der Waals surface area contributed by atoms with Crippen molar-refractivity contribution in [3.05, 3.63) is 17.4 Å². The molecular formula is C22H31NO4. The van der Waals surface area contributed by atoms with Crippen LogP contribution in [0.1, 0.15) is 46.0 Å². The number of nitrogens with zero attached hydrogens (tertiary/aromatic N) is 1. The first-order valence-corrected chi connectivity index (χ1v) is 10.8. The lowest BCUT2D eigenvalue weighted by Crippen LogP contribution is -2.73. The van der Waals surface area contributed by atoms with Crippen molar-refractivity contribution in [2.24, 2.45) is 39.9 Å². The van der Waals surface area contributed by atoms with Crippen molar-refractivity contribution in [1.29, 1.82) is 0 Å². The number of carbonyl (C=O) groups excluding carboxylic acids is 1. The number of aliphatic hydroxyl groups is 2. The summed E-state index contributed by atoms with van der Waals surface area (Å²) in [5.41, 5.74) is -0.303. The van der Waals surface area contributed by atoms with E-state index < -0.39 is 23.0 Å². The van der Waals surface area contributed by atoms with Crippen LogP contribution in [0.3, 0.4) is 0 Å². The van der Waals surface area contributed by atoms with Gasteiger partial charge in [0, 0.05) is 29.1 Å². The van der Waals surface area contributed by atoms with Crippen molar-refractivity contribution in [3.8, 4) is 0 Å². The van der Waals surface area contributed by atoms with E-state index in [4.69, 9.17) is 0 Å². The number of quaternary nitrogens is 1. The molecule has 0 aromatic rings. The smallest absolute Gasteiger partial charge is 0.140 e. The van der Waals surface area contributed by atoms with Crippen LogP contribution < -0.4 is 0 Å². The molecule has 5 aliphatic carbocycles. The van der Waals surface area contributed by atoms with Gasteiger partial charge in [0.15, 0.2) is 0 Å². The van der Waals surface area contributed by atoms with Gasteiger partial charge in [0.05, 0.1) is 30.7 Å². The summed E-state index contributed by atoms with van der Waals surface area (Å²) in [4.78, 5) is 13.0. The number of carbonyl (C=O) groups is 1. The average Bonchev–Trinajstić information content (AvgIpc) is 3.17. The topological polar surface area (TPSA) is 80.6 Å². The Hall–Kier alpha value is -0.750. The van der Waals surface area contributed by atoms with Gasteiger partial charge in [-0.2, -0.15) is 0 Å². The average molecular weight is 373 g/mol. The van der Waals surface area contributed by atoms with Crippen LogP contribution in [-0.2, 0) is 4.79 Å². The molecule has 2 spiro atoms. The van der Waals surface area contributed by atoms with Gasteiger partial charge in [-0.15, -0.1) is 0 Å². The van der Waals surface area contributed by atoms with Crippen LogP contribution in [0.5, 0.6) is 0 Å². The maximum absolute atomic E-state index is 14.2. The Bertz CT molecular complexity index is 782. The number of fused-ring (bicyclic) bond motifs is 1. The third kappa shape index (κ3) is 1.44. The van der Waals surface area contributed by atoms with Crippen LogP contribution in [0, 0.1) is 45.1 Å². The van der Waals surface area contributed by atoms with Crippen molar-refractivity contribution in [3.63, 3.8) is 0 Å². The highest BCUT2D eigenvalue weighted by atomic mass is 16.5. The summed E-state index contributed by atoms with van der Waals surface area (Å²) in [6.45, 7) is 9.47. The quantitative estimate of drug-likeness (QED) is 0.419. The standard InChI is InChI=1S/C22H31NO4/c1-4-23(27)10-20(3)6-5-17(25)22-15(20)7-13(18(22)23)21-9-12(11(2)19(21)26)14(24)8-16(21)22/h12-13,15-19,25-26H,2,4-10H2,1,3H3/t12-,13+,15-,16-,17+,18-,19-,20+,21+,22+,23?/m1/s1. The van der Waals surface area contributed by atoms with E-state index >= 15 is 0 Å². The molecule has 6 aliphatic rings. The predicted molar refractivity (Wildman–Crippen MR) is 99.0 cm³/mol. The molecule has 27 heavy (non-hydrogen) atoms. The highest BCUT2D eigenvalue weighted by molar-refractivity contribution is 5.87. The van der Waals surface area contributed by atoms with Gasteiger partial charge in [-0.3, -0.25) is 4.79 Å². The first-order chi connectivity index (χ1) is 12.7. The fraction of sp³-hybridized carbons (Fsp3) is 0.864. The molecule has 1 heterocycles. The van der Waals surface area contributed by atoms with Gasteiger partial charge in [-0.05, 0) is 50.0 Å². The molecule has 6 fully saturated rings. The molecule has 5 saturated carbocycles. The van der Waals surface area contributed by atoms with Crippen LogP contribution in [0.4, 0.5) is 0 Å². The first kappa shape index (κ1) is 17.1. The number of Topliss-reactive ketones (excluding diaryl/α,β-unsaturated/α-hetero) is 1. The zero-order valence-corrected chi connectivity index (χ0v) is 16.4. The fourth-order valence-electron chi connectivity index (χ4n) is 10.1. The third-order valence-corrected chi connectivity index (χ3v) is 10.7.